The summed E-state index contributed by atoms with van der Waals surface area (Å²) in [5.74, 6) is -0.720. The molecule has 2 heterocycles. The van der Waals surface area contributed by atoms with Crippen LogP contribution in [0.3, 0.4) is 0 Å². The zero-order chi connectivity index (χ0) is 23.0. The number of ether oxygens (including phenoxy) is 3. The van der Waals surface area contributed by atoms with Gasteiger partial charge in [0.25, 0.3) is 0 Å². The number of hydrogen-bond donors (Lipinski definition) is 2. The van der Waals surface area contributed by atoms with Gasteiger partial charge in [0.15, 0.2) is 11.5 Å². The number of primary amides is 1. The van der Waals surface area contributed by atoms with Crippen LogP contribution in [-0.2, 0) is 9.59 Å². The quantitative estimate of drug-likeness (QED) is 0.681. The third-order valence-electron chi connectivity index (χ3n) is 6.39. The minimum atomic E-state index is -0.928. The molecular weight excluding hydrogens is 412 g/mol. The number of carbonyl (C=O) groups is 2. The van der Waals surface area contributed by atoms with E-state index in [1.807, 2.05) is 43.0 Å². The summed E-state index contributed by atoms with van der Waals surface area (Å²) < 4.78 is 16.2. The zero-order valence-corrected chi connectivity index (χ0v) is 18.4. The lowest BCUT2D eigenvalue weighted by molar-refractivity contribution is -0.144. The van der Waals surface area contributed by atoms with Crippen LogP contribution >= 0.6 is 0 Å². The molecule has 4 atom stereocenters. The van der Waals surface area contributed by atoms with Crippen molar-refractivity contribution in [1.82, 2.24) is 4.90 Å². The van der Waals surface area contributed by atoms with Crippen molar-refractivity contribution >= 4 is 11.9 Å². The number of carboxylic acid groups (broad SMARTS) is 1. The van der Waals surface area contributed by atoms with E-state index in [9.17, 15) is 14.7 Å². The number of likely N-dealkylation sites (tertiary alicyclic amines) is 1. The summed E-state index contributed by atoms with van der Waals surface area (Å²) in [5, 5.41) is 10.3. The van der Waals surface area contributed by atoms with Gasteiger partial charge in [0.1, 0.15) is 5.75 Å². The summed E-state index contributed by atoms with van der Waals surface area (Å²) >= 11 is 0. The summed E-state index contributed by atoms with van der Waals surface area (Å²) in [6, 6.07) is 11.7. The minimum Gasteiger partial charge on any atom is -0.497 e. The van der Waals surface area contributed by atoms with E-state index in [1.165, 1.54) is 0 Å². The van der Waals surface area contributed by atoms with Gasteiger partial charge in [-0.15, -0.1) is 0 Å². The van der Waals surface area contributed by atoms with Crippen molar-refractivity contribution in [2.24, 2.45) is 17.6 Å². The van der Waals surface area contributed by atoms with Crippen LogP contribution in [0.25, 0.3) is 0 Å². The number of amides is 1. The molecule has 8 nitrogen and oxygen atoms in total. The van der Waals surface area contributed by atoms with Crippen LogP contribution in [0.5, 0.6) is 17.2 Å². The van der Waals surface area contributed by atoms with E-state index in [0.717, 1.165) is 11.1 Å². The van der Waals surface area contributed by atoms with Gasteiger partial charge in [0.2, 0.25) is 12.7 Å². The summed E-state index contributed by atoms with van der Waals surface area (Å²) in [7, 11) is 1.58. The van der Waals surface area contributed by atoms with E-state index in [4.69, 9.17) is 19.9 Å². The second-order valence-electron chi connectivity index (χ2n) is 8.59. The first-order valence-corrected chi connectivity index (χ1v) is 10.6. The van der Waals surface area contributed by atoms with E-state index in [0.29, 0.717) is 23.8 Å². The van der Waals surface area contributed by atoms with E-state index < -0.39 is 29.9 Å². The maximum atomic E-state index is 12.6. The molecule has 32 heavy (non-hydrogen) atoms. The van der Waals surface area contributed by atoms with Crippen LogP contribution in [-0.4, -0.2) is 48.4 Å². The molecule has 170 valence electrons. The first kappa shape index (κ1) is 22.0. The molecule has 1 saturated heterocycles. The Morgan fingerprint density at radius 2 is 1.75 bits per heavy atom. The third kappa shape index (κ3) is 3.86. The van der Waals surface area contributed by atoms with Gasteiger partial charge in [-0.3, -0.25) is 14.5 Å². The van der Waals surface area contributed by atoms with E-state index in [-0.39, 0.29) is 18.6 Å². The normalized spacial score (nSPS) is 23.3. The summed E-state index contributed by atoms with van der Waals surface area (Å²) in [6.07, 6.45) is 0. The van der Waals surface area contributed by atoms with Crippen molar-refractivity contribution in [1.29, 1.82) is 0 Å². The topological polar surface area (TPSA) is 111 Å². The highest BCUT2D eigenvalue weighted by Crippen LogP contribution is 2.49. The van der Waals surface area contributed by atoms with Crippen LogP contribution in [0, 0.1) is 11.8 Å². The highest BCUT2D eigenvalue weighted by molar-refractivity contribution is 5.81. The van der Waals surface area contributed by atoms with E-state index in [2.05, 4.69) is 0 Å². The van der Waals surface area contributed by atoms with Gasteiger partial charge in [0, 0.05) is 18.5 Å². The number of methoxy groups -OCH3 is 1. The van der Waals surface area contributed by atoms with Crippen molar-refractivity contribution in [3.8, 4) is 17.2 Å². The number of carbonyl (C=O) groups excluding carboxylic acids is 1. The van der Waals surface area contributed by atoms with Crippen LogP contribution in [0.4, 0.5) is 0 Å². The maximum absolute atomic E-state index is 12.6. The number of aliphatic carboxylic acids is 1. The monoisotopic (exact) mass is 440 g/mol. The number of carboxylic acids is 1. The minimum absolute atomic E-state index is 0.0850. The SMILES string of the molecule is COc1ccc(C2C(C(=O)O)C(c3ccc4c(c3)OCO4)CN2C(C(N)=O)C(C)C)cc1. The Morgan fingerprint density at radius 1 is 1.09 bits per heavy atom. The number of nitrogens with zero attached hydrogens (tertiary/aromatic N) is 1. The molecule has 0 spiro atoms. The number of rotatable bonds is 7. The molecule has 0 aliphatic carbocycles. The average Bonchev–Trinajstić information content (AvgIpc) is 3.37. The summed E-state index contributed by atoms with van der Waals surface area (Å²) in [6.45, 7) is 4.36. The third-order valence-corrected chi connectivity index (χ3v) is 6.39. The second kappa shape index (κ2) is 8.70. The highest BCUT2D eigenvalue weighted by atomic mass is 16.7. The number of nitrogens with two attached hydrogens (primary N) is 1. The molecule has 0 bridgehead atoms. The Labute approximate surface area is 186 Å². The zero-order valence-electron chi connectivity index (χ0n) is 18.4. The molecule has 1 fully saturated rings. The van der Waals surface area contributed by atoms with Crippen molar-refractivity contribution in [3.63, 3.8) is 0 Å². The number of fused-ring (bicyclic) bond motifs is 1. The predicted octanol–water partition coefficient (Wildman–Crippen LogP) is 2.78. The molecular formula is C24H28N2O6. The highest BCUT2D eigenvalue weighted by Gasteiger charge is 2.51. The molecule has 4 unspecified atom stereocenters. The molecule has 0 saturated carbocycles. The average molecular weight is 440 g/mol. The van der Waals surface area contributed by atoms with Crippen LogP contribution < -0.4 is 19.9 Å². The molecule has 0 radical (unpaired) electrons. The molecule has 3 N–H and O–H groups in total. The Balaban J connectivity index is 1.81. The van der Waals surface area contributed by atoms with Crippen molar-refractivity contribution in [2.75, 3.05) is 20.4 Å². The first-order valence-electron chi connectivity index (χ1n) is 10.6. The van der Waals surface area contributed by atoms with E-state index in [1.54, 1.807) is 25.3 Å². The molecule has 2 aromatic carbocycles. The Kier molecular flexibility index (Phi) is 5.97. The standard InChI is InChI=1S/C24H28N2O6/c1-13(2)21(23(25)27)26-11-17(15-6-9-18-19(10-15)32-12-31-18)20(24(28)29)22(26)14-4-7-16(30-3)8-5-14/h4-10,13,17,20-22H,11-12H2,1-3H3,(H2,25,27)(H,28,29). The molecule has 4 rings (SSSR count). The fourth-order valence-corrected chi connectivity index (χ4v) is 5.01. The lowest BCUT2D eigenvalue weighted by Crippen LogP contribution is -2.48. The second-order valence-corrected chi connectivity index (χ2v) is 8.59. The van der Waals surface area contributed by atoms with Crippen molar-refractivity contribution < 1.29 is 28.9 Å². The van der Waals surface area contributed by atoms with E-state index >= 15 is 0 Å². The van der Waals surface area contributed by atoms with Crippen molar-refractivity contribution in [2.45, 2.75) is 31.8 Å². The van der Waals surface area contributed by atoms with Gasteiger partial charge < -0.3 is 25.1 Å². The lowest BCUT2D eigenvalue weighted by atomic mass is 9.82. The van der Waals surface area contributed by atoms with Gasteiger partial charge in [-0.25, -0.2) is 0 Å². The van der Waals surface area contributed by atoms with Crippen LogP contribution in [0.15, 0.2) is 42.5 Å². The van der Waals surface area contributed by atoms with Gasteiger partial charge in [0.05, 0.1) is 19.1 Å². The number of hydrogen-bond acceptors (Lipinski definition) is 6. The van der Waals surface area contributed by atoms with Gasteiger partial charge in [-0.2, -0.15) is 0 Å². The molecule has 0 aromatic heterocycles. The number of benzene rings is 2. The predicted molar refractivity (Wildman–Crippen MR) is 117 cm³/mol. The lowest BCUT2D eigenvalue weighted by Gasteiger charge is -2.34. The first-order chi connectivity index (χ1) is 15.3. The largest absolute Gasteiger partial charge is 0.497 e. The molecule has 2 aliphatic heterocycles. The fourth-order valence-electron chi connectivity index (χ4n) is 5.01. The Bertz CT molecular complexity index is 1010. The van der Waals surface area contributed by atoms with Gasteiger partial charge in [-0.05, 0) is 41.3 Å². The van der Waals surface area contributed by atoms with Crippen LogP contribution in [0.2, 0.25) is 0 Å². The van der Waals surface area contributed by atoms with Gasteiger partial charge >= 0.3 is 5.97 Å². The fraction of sp³-hybridized carbons (Fsp3) is 0.417. The smallest absolute Gasteiger partial charge is 0.309 e. The molecule has 2 aromatic rings. The summed E-state index contributed by atoms with van der Waals surface area (Å²) in [4.78, 5) is 27.0. The van der Waals surface area contributed by atoms with Crippen molar-refractivity contribution in [3.05, 3.63) is 53.6 Å². The molecule has 1 amide bonds. The Morgan fingerprint density at radius 3 is 2.34 bits per heavy atom. The molecule has 2 aliphatic rings. The van der Waals surface area contributed by atoms with Crippen LogP contribution in [0.1, 0.15) is 36.9 Å². The maximum Gasteiger partial charge on any atom is 0.309 e. The van der Waals surface area contributed by atoms with Gasteiger partial charge in [-0.1, -0.05) is 32.0 Å². The molecule has 8 heteroatoms. The Hall–Kier alpha value is -3.26. The summed E-state index contributed by atoms with van der Waals surface area (Å²) in [5.41, 5.74) is 7.43.